The zero-order valence-electron chi connectivity index (χ0n) is 11.6. The van der Waals surface area contributed by atoms with E-state index in [1.54, 1.807) is 18.2 Å². The van der Waals surface area contributed by atoms with E-state index in [-0.39, 0.29) is 11.7 Å². The summed E-state index contributed by atoms with van der Waals surface area (Å²) in [4.78, 5) is 12.2. The fourth-order valence-electron chi connectivity index (χ4n) is 1.83. The van der Waals surface area contributed by atoms with Crippen molar-refractivity contribution < 1.29 is 18.7 Å². The van der Waals surface area contributed by atoms with Gasteiger partial charge in [0.25, 0.3) is 5.91 Å². The van der Waals surface area contributed by atoms with Crippen molar-refractivity contribution in [1.82, 2.24) is 0 Å². The fraction of sp³-hybridized carbons (Fsp3) is 0.133. The lowest BCUT2D eigenvalue weighted by molar-refractivity contribution is 0.102. The summed E-state index contributed by atoms with van der Waals surface area (Å²) in [5.41, 5.74) is 6.88. The topological polar surface area (TPSA) is 73.6 Å². The van der Waals surface area contributed by atoms with Gasteiger partial charge in [0.1, 0.15) is 5.75 Å². The number of nitrogens with one attached hydrogen (secondary N) is 1. The normalized spacial score (nSPS) is 10.0. The largest absolute Gasteiger partial charge is 0.496 e. The summed E-state index contributed by atoms with van der Waals surface area (Å²) in [5.74, 6) is -0.472. The van der Waals surface area contributed by atoms with Gasteiger partial charge in [-0.3, -0.25) is 4.79 Å². The van der Waals surface area contributed by atoms with Crippen LogP contribution in [-0.2, 0) is 0 Å². The second-order valence-electron chi connectivity index (χ2n) is 4.26. The number of halogens is 1. The van der Waals surface area contributed by atoms with Crippen LogP contribution in [-0.4, -0.2) is 20.1 Å². The molecule has 0 aliphatic carbocycles. The van der Waals surface area contributed by atoms with Gasteiger partial charge < -0.3 is 20.5 Å². The first kappa shape index (κ1) is 14.6. The van der Waals surface area contributed by atoms with Crippen molar-refractivity contribution in [2.75, 3.05) is 25.3 Å². The first-order valence-electron chi connectivity index (χ1n) is 6.13. The van der Waals surface area contributed by atoms with E-state index in [1.807, 2.05) is 0 Å². The maximum Gasteiger partial charge on any atom is 0.259 e. The number of ether oxygens (including phenoxy) is 2. The van der Waals surface area contributed by atoms with Crippen molar-refractivity contribution in [2.24, 2.45) is 0 Å². The van der Waals surface area contributed by atoms with Crippen molar-refractivity contribution in [3.8, 4) is 11.5 Å². The molecule has 1 amide bonds. The van der Waals surface area contributed by atoms with Gasteiger partial charge in [0.05, 0.1) is 19.8 Å². The molecule has 2 rings (SSSR count). The van der Waals surface area contributed by atoms with E-state index in [0.717, 1.165) is 0 Å². The van der Waals surface area contributed by atoms with Gasteiger partial charge in [0.2, 0.25) is 0 Å². The third-order valence-corrected chi connectivity index (χ3v) is 2.88. The lowest BCUT2D eigenvalue weighted by atomic mass is 10.1. The third kappa shape index (κ3) is 3.22. The Morgan fingerprint density at radius 2 is 1.81 bits per heavy atom. The van der Waals surface area contributed by atoms with E-state index >= 15 is 0 Å². The summed E-state index contributed by atoms with van der Waals surface area (Å²) < 4.78 is 23.3. The number of rotatable bonds is 4. The zero-order chi connectivity index (χ0) is 15.4. The molecule has 0 saturated carbocycles. The Kier molecular flexibility index (Phi) is 4.27. The molecular weight excluding hydrogens is 275 g/mol. The summed E-state index contributed by atoms with van der Waals surface area (Å²) in [5, 5.41) is 2.65. The molecule has 0 unspecified atom stereocenters. The van der Waals surface area contributed by atoms with Gasteiger partial charge in [0.15, 0.2) is 11.6 Å². The molecule has 21 heavy (non-hydrogen) atoms. The Hall–Kier alpha value is -2.76. The van der Waals surface area contributed by atoms with Crippen LogP contribution in [0, 0.1) is 5.82 Å². The van der Waals surface area contributed by atoms with Crippen LogP contribution in [0.3, 0.4) is 0 Å². The molecule has 0 fully saturated rings. The van der Waals surface area contributed by atoms with Gasteiger partial charge in [-0.2, -0.15) is 0 Å². The van der Waals surface area contributed by atoms with Gasteiger partial charge in [-0.25, -0.2) is 4.39 Å². The molecule has 110 valence electrons. The highest BCUT2D eigenvalue weighted by Gasteiger charge is 2.13. The molecule has 0 radical (unpaired) electrons. The van der Waals surface area contributed by atoms with Gasteiger partial charge in [-0.1, -0.05) is 0 Å². The third-order valence-electron chi connectivity index (χ3n) is 2.88. The summed E-state index contributed by atoms with van der Waals surface area (Å²) in [6.45, 7) is 0. The van der Waals surface area contributed by atoms with Crippen molar-refractivity contribution in [2.45, 2.75) is 0 Å². The van der Waals surface area contributed by atoms with Crippen LogP contribution in [0.5, 0.6) is 11.5 Å². The van der Waals surface area contributed by atoms with E-state index in [0.29, 0.717) is 22.7 Å². The van der Waals surface area contributed by atoms with Crippen LogP contribution in [0.15, 0.2) is 36.4 Å². The predicted octanol–water partition coefficient (Wildman–Crippen LogP) is 2.68. The number of carbonyl (C=O) groups is 1. The Balaban J connectivity index is 2.26. The number of nitrogens with two attached hydrogens (primary N) is 1. The first-order valence-corrected chi connectivity index (χ1v) is 6.13. The Labute approximate surface area is 121 Å². The molecular formula is C15H15FN2O3. The van der Waals surface area contributed by atoms with Crippen LogP contribution >= 0.6 is 0 Å². The standard InChI is InChI=1S/C15H15FN2O3/c1-20-13-7-9(17)3-5-11(13)15(19)18-10-4-6-12(16)14(8-10)21-2/h3-8H,17H2,1-2H3,(H,18,19). The molecule has 6 heteroatoms. The minimum Gasteiger partial charge on any atom is -0.496 e. The summed E-state index contributed by atoms with van der Waals surface area (Å²) in [7, 11) is 2.81. The average Bonchev–Trinajstić information content (AvgIpc) is 2.48. The van der Waals surface area contributed by atoms with Crippen molar-refractivity contribution in [3.63, 3.8) is 0 Å². The van der Waals surface area contributed by atoms with E-state index in [9.17, 15) is 9.18 Å². The Bertz CT molecular complexity index is 674. The SMILES string of the molecule is COc1cc(NC(=O)c2ccc(N)cc2OC)ccc1F. The van der Waals surface area contributed by atoms with Crippen molar-refractivity contribution in [3.05, 3.63) is 47.8 Å². The van der Waals surface area contributed by atoms with E-state index in [1.165, 1.54) is 32.4 Å². The molecule has 0 spiro atoms. The number of carbonyl (C=O) groups excluding carboxylic acids is 1. The lowest BCUT2D eigenvalue weighted by Crippen LogP contribution is -2.13. The van der Waals surface area contributed by atoms with Crippen LogP contribution in [0.1, 0.15) is 10.4 Å². The molecule has 2 aromatic carbocycles. The molecule has 0 aromatic heterocycles. The minimum absolute atomic E-state index is 0.0528. The fourth-order valence-corrected chi connectivity index (χ4v) is 1.83. The quantitative estimate of drug-likeness (QED) is 0.849. The van der Waals surface area contributed by atoms with Crippen molar-refractivity contribution >= 4 is 17.3 Å². The van der Waals surface area contributed by atoms with Gasteiger partial charge in [-0.05, 0) is 24.3 Å². The number of hydrogen-bond acceptors (Lipinski definition) is 4. The summed E-state index contributed by atoms with van der Waals surface area (Å²) in [6, 6.07) is 8.78. The summed E-state index contributed by atoms with van der Waals surface area (Å²) >= 11 is 0. The number of benzene rings is 2. The smallest absolute Gasteiger partial charge is 0.259 e. The Morgan fingerprint density at radius 3 is 2.48 bits per heavy atom. The lowest BCUT2D eigenvalue weighted by Gasteiger charge is -2.11. The van der Waals surface area contributed by atoms with E-state index in [4.69, 9.17) is 15.2 Å². The number of methoxy groups -OCH3 is 2. The second-order valence-corrected chi connectivity index (χ2v) is 4.26. The molecule has 0 heterocycles. The van der Waals surface area contributed by atoms with Crippen LogP contribution in [0.4, 0.5) is 15.8 Å². The maximum atomic E-state index is 13.3. The molecule has 2 aromatic rings. The van der Waals surface area contributed by atoms with E-state index in [2.05, 4.69) is 5.32 Å². The first-order chi connectivity index (χ1) is 10.0. The molecule has 0 aliphatic rings. The van der Waals surface area contributed by atoms with Crippen LogP contribution < -0.4 is 20.5 Å². The molecule has 3 N–H and O–H groups in total. The zero-order valence-corrected chi connectivity index (χ0v) is 11.6. The van der Waals surface area contributed by atoms with Crippen LogP contribution in [0.25, 0.3) is 0 Å². The van der Waals surface area contributed by atoms with E-state index < -0.39 is 5.82 Å². The molecule has 0 atom stereocenters. The monoisotopic (exact) mass is 290 g/mol. The minimum atomic E-state index is -0.499. The molecule has 0 aliphatic heterocycles. The van der Waals surface area contributed by atoms with Gasteiger partial charge >= 0.3 is 0 Å². The van der Waals surface area contributed by atoms with Gasteiger partial charge in [0, 0.05) is 23.5 Å². The maximum absolute atomic E-state index is 13.3. The number of hydrogen-bond donors (Lipinski definition) is 2. The second kappa shape index (κ2) is 6.13. The predicted molar refractivity (Wildman–Crippen MR) is 78.3 cm³/mol. The highest BCUT2D eigenvalue weighted by Crippen LogP contribution is 2.25. The average molecular weight is 290 g/mol. The molecule has 5 nitrogen and oxygen atoms in total. The Morgan fingerprint density at radius 1 is 1.10 bits per heavy atom. The number of amides is 1. The molecule has 0 bridgehead atoms. The number of nitrogen functional groups attached to an aromatic ring is 1. The highest BCUT2D eigenvalue weighted by molar-refractivity contribution is 6.06. The van der Waals surface area contributed by atoms with Gasteiger partial charge in [-0.15, -0.1) is 0 Å². The number of anilines is 2. The summed E-state index contributed by atoms with van der Waals surface area (Å²) in [6.07, 6.45) is 0. The molecule has 0 saturated heterocycles. The highest BCUT2D eigenvalue weighted by atomic mass is 19.1. The van der Waals surface area contributed by atoms with Crippen molar-refractivity contribution in [1.29, 1.82) is 0 Å². The van der Waals surface area contributed by atoms with Crippen LogP contribution in [0.2, 0.25) is 0 Å².